The van der Waals surface area contributed by atoms with Crippen LogP contribution in [0.15, 0.2) is 29.1 Å². The maximum Gasteiger partial charge on any atom is 0.258 e. The molecular weight excluding hydrogens is 346 g/mol. The molecule has 1 fully saturated rings. The molecule has 8 heteroatoms. The normalized spacial score (nSPS) is 17.9. The fourth-order valence-corrected chi connectivity index (χ4v) is 3.38. The van der Waals surface area contributed by atoms with Crippen molar-refractivity contribution in [1.82, 2.24) is 25.5 Å². The smallest absolute Gasteiger partial charge is 0.258 e. The highest BCUT2D eigenvalue weighted by molar-refractivity contribution is 5.88. The molecule has 0 spiro atoms. The van der Waals surface area contributed by atoms with Crippen LogP contribution in [0.2, 0.25) is 0 Å². The molecule has 1 atom stereocenters. The standard InChI is InChI=1S/C19H25N5O3/c1-12(2)24-10-9-21-19(27)15(24)11-17(25)20-8-7-16-22-14-6-4-3-5-13(14)18(26)23-16/h3-6,12,15H,7-11H2,1-2H3,(H,20,25)(H,21,27)(H,22,23,26). The lowest BCUT2D eigenvalue weighted by Gasteiger charge is -2.37. The van der Waals surface area contributed by atoms with E-state index < -0.39 is 6.04 Å². The molecule has 1 aliphatic heterocycles. The van der Waals surface area contributed by atoms with Crippen LogP contribution < -0.4 is 16.2 Å². The molecule has 2 amide bonds. The molecule has 3 N–H and O–H groups in total. The van der Waals surface area contributed by atoms with Crippen LogP contribution in [0.1, 0.15) is 26.1 Å². The summed E-state index contributed by atoms with van der Waals surface area (Å²) >= 11 is 0. The van der Waals surface area contributed by atoms with Crippen LogP contribution in [0.4, 0.5) is 0 Å². The summed E-state index contributed by atoms with van der Waals surface area (Å²) in [7, 11) is 0. The van der Waals surface area contributed by atoms with Crippen molar-refractivity contribution in [2.75, 3.05) is 19.6 Å². The highest BCUT2D eigenvalue weighted by atomic mass is 16.2. The van der Waals surface area contributed by atoms with Crippen molar-refractivity contribution in [3.8, 4) is 0 Å². The molecule has 0 radical (unpaired) electrons. The van der Waals surface area contributed by atoms with Crippen LogP contribution in [0, 0.1) is 0 Å². The van der Waals surface area contributed by atoms with E-state index in [2.05, 4.69) is 20.6 Å². The SMILES string of the molecule is CC(C)N1CCNC(=O)C1CC(=O)NCCc1nc2ccccc2c(=O)[nH]1. The molecule has 2 aromatic rings. The number of aromatic amines is 1. The average molecular weight is 371 g/mol. The maximum absolute atomic E-state index is 12.3. The number of hydrogen-bond donors (Lipinski definition) is 3. The van der Waals surface area contributed by atoms with Gasteiger partial charge in [-0.1, -0.05) is 12.1 Å². The summed E-state index contributed by atoms with van der Waals surface area (Å²) in [5.74, 6) is 0.231. The Kier molecular flexibility index (Phi) is 5.85. The first-order valence-electron chi connectivity index (χ1n) is 9.24. The summed E-state index contributed by atoms with van der Waals surface area (Å²) in [6, 6.07) is 6.88. The van der Waals surface area contributed by atoms with Crippen molar-refractivity contribution in [1.29, 1.82) is 0 Å². The number of aromatic nitrogens is 2. The summed E-state index contributed by atoms with van der Waals surface area (Å²) < 4.78 is 0. The van der Waals surface area contributed by atoms with Gasteiger partial charge in [0.2, 0.25) is 11.8 Å². The van der Waals surface area contributed by atoms with Crippen LogP contribution in [0.5, 0.6) is 0 Å². The molecule has 144 valence electrons. The zero-order chi connectivity index (χ0) is 19.4. The van der Waals surface area contributed by atoms with Gasteiger partial charge in [-0.15, -0.1) is 0 Å². The second-order valence-corrected chi connectivity index (χ2v) is 6.97. The third-order valence-corrected chi connectivity index (χ3v) is 4.76. The van der Waals surface area contributed by atoms with Crippen molar-refractivity contribution in [3.05, 3.63) is 40.4 Å². The third kappa shape index (κ3) is 4.51. The van der Waals surface area contributed by atoms with Gasteiger partial charge >= 0.3 is 0 Å². The van der Waals surface area contributed by atoms with E-state index in [1.54, 1.807) is 18.2 Å². The first-order chi connectivity index (χ1) is 13.0. The fraction of sp³-hybridized carbons (Fsp3) is 0.474. The summed E-state index contributed by atoms with van der Waals surface area (Å²) in [5.41, 5.74) is 0.447. The summed E-state index contributed by atoms with van der Waals surface area (Å²) in [4.78, 5) is 45.7. The summed E-state index contributed by atoms with van der Waals surface area (Å²) in [6.45, 7) is 5.73. The molecular formula is C19H25N5O3. The van der Waals surface area contributed by atoms with Crippen molar-refractivity contribution in [2.24, 2.45) is 0 Å². The molecule has 1 aliphatic rings. The van der Waals surface area contributed by atoms with E-state index in [0.717, 1.165) is 6.54 Å². The monoisotopic (exact) mass is 371 g/mol. The maximum atomic E-state index is 12.3. The molecule has 1 unspecified atom stereocenters. The van der Waals surface area contributed by atoms with E-state index in [1.165, 1.54) is 0 Å². The first kappa shape index (κ1) is 19.0. The quantitative estimate of drug-likeness (QED) is 0.672. The molecule has 0 bridgehead atoms. The lowest BCUT2D eigenvalue weighted by atomic mass is 10.1. The Morgan fingerprint density at radius 2 is 2.11 bits per heavy atom. The highest BCUT2D eigenvalue weighted by Crippen LogP contribution is 2.12. The molecule has 2 heterocycles. The number of carbonyl (C=O) groups is 2. The van der Waals surface area contributed by atoms with Gasteiger partial charge in [-0.05, 0) is 26.0 Å². The molecule has 1 aromatic carbocycles. The first-order valence-corrected chi connectivity index (χ1v) is 9.24. The average Bonchev–Trinajstić information content (AvgIpc) is 2.63. The van der Waals surface area contributed by atoms with Crippen LogP contribution in [-0.4, -0.2) is 58.4 Å². The predicted molar refractivity (Wildman–Crippen MR) is 102 cm³/mol. The van der Waals surface area contributed by atoms with Gasteiger partial charge in [-0.3, -0.25) is 19.3 Å². The Balaban J connectivity index is 1.56. The lowest BCUT2D eigenvalue weighted by molar-refractivity contribution is -0.134. The Bertz CT molecular complexity index is 892. The Hall–Kier alpha value is -2.74. The lowest BCUT2D eigenvalue weighted by Crippen LogP contribution is -2.58. The largest absolute Gasteiger partial charge is 0.356 e. The van der Waals surface area contributed by atoms with Gasteiger partial charge in [-0.2, -0.15) is 0 Å². The second-order valence-electron chi connectivity index (χ2n) is 6.97. The second kappa shape index (κ2) is 8.30. The molecule has 0 saturated carbocycles. The van der Waals surface area contributed by atoms with Gasteiger partial charge in [0.15, 0.2) is 0 Å². The molecule has 0 aliphatic carbocycles. The number of hydrogen-bond acceptors (Lipinski definition) is 5. The van der Waals surface area contributed by atoms with Gasteiger partial charge in [0.05, 0.1) is 23.4 Å². The van der Waals surface area contributed by atoms with E-state index in [9.17, 15) is 14.4 Å². The number of rotatable bonds is 6. The van der Waals surface area contributed by atoms with Crippen LogP contribution in [0.25, 0.3) is 10.9 Å². The van der Waals surface area contributed by atoms with Crippen LogP contribution in [-0.2, 0) is 16.0 Å². The minimum atomic E-state index is -0.447. The van der Waals surface area contributed by atoms with E-state index in [0.29, 0.717) is 36.2 Å². The van der Waals surface area contributed by atoms with Gasteiger partial charge < -0.3 is 15.6 Å². The minimum absolute atomic E-state index is 0.106. The number of carbonyl (C=O) groups excluding carboxylic acids is 2. The molecule has 27 heavy (non-hydrogen) atoms. The van der Waals surface area contributed by atoms with Gasteiger partial charge in [0.25, 0.3) is 5.56 Å². The van der Waals surface area contributed by atoms with Gasteiger partial charge in [0, 0.05) is 32.1 Å². The molecule has 8 nitrogen and oxygen atoms in total. The Labute approximate surface area is 157 Å². The number of piperazine rings is 1. The Morgan fingerprint density at radius 3 is 2.89 bits per heavy atom. The molecule has 3 rings (SSSR count). The third-order valence-electron chi connectivity index (χ3n) is 4.76. The zero-order valence-electron chi connectivity index (χ0n) is 15.6. The fourth-order valence-electron chi connectivity index (χ4n) is 3.38. The number of benzene rings is 1. The summed E-state index contributed by atoms with van der Waals surface area (Å²) in [6.07, 6.45) is 0.530. The topological polar surface area (TPSA) is 107 Å². The van der Waals surface area contributed by atoms with Gasteiger partial charge in [-0.25, -0.2) is 4.98 Å². The van der Waals surface area contributed by atoms with Crippen molar-refractivity contribution < 1.29 is 9.59 Å². The van der Waals surface area contributed by atoms with Crippen LogP contribution in [0.3, 0.4) is 0 Å². The summed E-state index contributed by atoms with van der Waals surface area (Å²) in [5, 5.41) is 6.18. The number of para-hydroxylation sites is 1. The van der Waals surface area contributed by atoms with Crippen LogP contribution >= 0.6 is 0 Å². The predicted octanol–water partition coefficient (Wildman–Crippen LogP) is 0.181. The van der Waals surface area contributed by atoms with E-state index in [4.69, 9.17) is 0 Å². The zero-order valence-corrected chi connectivity index (χ0v) is 15.6. The van der Waals surface area contributed by atoms with Crippen molar-refractivity contribution in [3.63, 3.8) is 0 Å². The van der Waals surface area contributed by atoms with Gasteiger partial charge in [0.1, 0.15) is 5.82 Å². The number of nitrogens with one attached hydrogen (secondary N) is 3. The van der Waals surface area contributed by atoms with Crippen molar-refractivity contribution in [2.45, 2.75) is 38.8 Å². The van der Waals surface area contributed by atoms with E-state index in [-0.39, 0.29) is 29.8 Å². The van der Waals surface area contributed by atoms with E-state index in [1.807, 2.05) is 24.8 Å². The molecule has 1 saturated heterocycles. The van der Waals surface area contributed by atoms with E-state index >= 15 is 0 Å². The molecule has 1 aromatic heterocycles. The number of H-pyrrole nitrogens is 1. The number of fused-ring (bicyclic) bond motifs is 1. The number of amides is 2. The Morgan fingerprint density at radius 1 is 1.33 bits per heavy atom. The number of nitrogens with zero attached hydrogens (tertiary/aromatic N) is 2. The minimum Gasteiger partial charge on any atom is -0.356 e. The highest BCUT2D eigenvalue weighted by Gasteiger charge is 2.32. The van der Waals surface area contributed by atoms with Crippen molar-refractivity contribution >= 4 is 22.7 Å².